The molecule has 2 N–H and O–H groups in total. The second-order valence-electron chi connectivity index (χ2n) is 6.54. The predicted molar refractivity (Wildman–Crippen MR) is 94.0 cm³/mol. The summed E-state index contributed by atoms with van der Waals surface area (Å²) in [7, 11) is 0. The lowest BCUT2D eigenvalue weighted by molar-refractivity contribution is 0.0745. The van der Waals surface area contributed by atoms with E-state index in [0.717, 1.165) is 13.0 Å². The number of carbonyl (C=O) groups is 2. The van der Waals surface area contributed by atoms with Gasteiger partial charge in [-0.1, -0.05) is 24.3 Å². The van der Waals surface area contributed by atoms with Crippen LogP contribution in [0.5, 0.6) is 0 Å². The molecule has 2 amide bonds. The van der Waals surface area contributed by atoms with Crippen LogP contribution in [0, 0.1) is 6.92 Å². The Labute approximate surface area is 142 Å². The first-order chi connectivity index (χ1) is 11.5. The molecule has 0 bridgehead atoms. The number of primary amides is 1. The average Bonchev–Trinajstić information content (AvgIpc) is 2.96. The highest BCUT2D eigenvalue weighted by Gasteiger charge is 2.34. The number of amides is 2. The molecule has 0 aliphatic carbocycles. The number of benzene rings is 2. The van der Waals surface area contributed by atoms with Crippen molar-refractivity contribution in [1.29, 1.82) is 0 Å². The second kappa shape index (κ2) is 6.48. The highest BCUT2D eigenvalue weighted by molar-refractivity contribution is 5.97. The van der Waals surface area contributed by atoms with Crippen molar-refractivity contribution in [1.82, 2.24) is 4.90 Å². The van der Waals surface area contributed by atoms with Crippen molar-refractivity contribution in [2.24, 2.45) is 5.73 Å². The van der Waals surface area contributed by atoms with Crippen molar-refractivity contribution in [3.8, 4) is 0 Å². The van der Waals surface area contributed by atoms with Gasteiger partial charge in [0.25, 0.3) is 5.91 Å². The van der Waals surface area contributed by atoms with E-state index < -0.39 is 5.91 Å². The third-order valence-electron chi connectivity index (χ3n) is 4.88. The van der Waals surface area contributed by atoms with E-state index in [0.29, 0.717) is 17.0 Å². The lowest BCUT2D eigenvalue weighted by atomic mass is 9.93. The highest BCUT2D eigenvalue weighted by Crippen LogP contribution is 2.34. The van der Waals surface area contributed by atoms with Gasteiger partial charge < -0.3 is 10.6 Å². The zero-order valence-corrected chi connectivity index (χ0v) is 14.0. The standard InChI is InChI=1S/C20H22N2O2/c1-13-5-3-4-6-18(13)17-11-14(2)22(12-17)20(24)16-9-7-15(8-10-16)19(21)23/h3-10,14,17H,11-12H2,1-2H3,(H2,21,23)/t14-,17-/m0/s1. The number of nitrogens with zero attached hydrogens (tertiary/aromatic N) is 1. The van der Waals surface area contributed by atoms with E-state index in [-0.39, 0.29) is 11.9 Å². The normalized spacial score (nSPS) is 20.2. The summed E-state index contributed by atoms with van der Waals surface area (Å²) in [5.41, 5.74) is 8.85. The fourth-order valence-corrected chi connectivity index (χ4v) is 3.53. The fraction of sp³-hybridized carbons (Fsp3) is 0.300. The monoisotopic (exact) mass is 322 g/mol. The molecule has 2 atom stereocenters. The summed E-state index contributed by atoms with van der Waals surface area (Å²) >= 11 is 0. The Morgan fingerprint density at radius 1 is 1.04 bits per heavy atom. The molecule has 3 rings (SSSR count). The Balaban J connectivity index is 1.78. The molecule has 4 heteroatoms. The maximum absolute atomic E-state index is 12.8. The van der Waals surface area contributed by atoms with E-state index in [4.69, 9.17) is 5.73 Å². The molecule has 124 valence electrons. The average molecular weight is 322 g/mol. The lowest BCUT2D eigenvalue weighted by Crippen LogP contribution is -2.34. The summed E-state index contributed by atoms with van der Waals surface area (Å²) in [6, 6.07) is 15.1. The van der Waals surface area contributed by atoms with Crippen molar-refractivity contribution in [3.63, 3.8) is 0 Å². The molecule has 2 aromatic rings. The van der Waals surface area contributed by atoms with Crippen LogP contribution in [0.1, 0.15) is 51.1 Å². The Kier molecular flexibility index (Phi) is 4.38. The Morgan fingerprint density at radius 3 is 2.29 bits per heavy atom. The van der Waals surface area contributed by atoms with Crippen molar-refractivity contribution in [3.05, 3.63) is 70.8 Å². The zero-order chi connectivity index (χ0) is 17.3. The molecular weight excluding hydrogens is 300 g/mol. The fourth-order valence-electron chi connectivity index (χ4n) is 3.53. The first kappa shape index (κ1) is 16.2. The molecule has 0 spiro atoms. The minimum atomic E-state index is -0.483. The molecule has 1 fully saturated rings. The van der Waals surface area contributed by atoms with Crippen LogP contribution in [-0.2, 0) is 0 Å². The van der Waals surface area contributed by atoms with Crippen LogP contribution in [-0.4, -0.2) is 29.3 Å². The van der Waals surface area contributed by atoms with Crippen LogP contribution in [0.4, 0.5) is 0 Å². The Bertz CT molecular complexity index is 767. The van der Waals surface area contributed by atoms with Gasteiger partial charge in [0.2, 0.25) is 5.91 Å². The van der Waals surface area contributed by atoms with E-state index in [1.54, 1.807) is 24.3 Å². The molecule has 2 aromatic carbocycles. The van der Waals surface area contributed by atoms with Gasteiger partial charge >= 0.3 is 0 Å². The zero-order valence-electron chi connectivity index (χ0n) is 14.0. The van der Waals surface area contributed by atoms with Crippen LogP contribution in [0.2, 0.25) is 0 Å². The molecule has 1 aliphatic rings. The van der Waals surface area contributed by atoms with Gasteiger partial charge in [-0.3, -0.25) is 9.59 Å². The van der Waals surface area contributed by atoms with Gasteiger partial charge in [0.05, 0.1) is 0 Å². The smallest absolute Gasteiger partial charge is 0.254 e. The Hall–Kier alpha value is -2.62. The maximum atomic E-state index is 12.8. The molecule has 4 nitrogen and oxygen atoms in total. The number of hydrogen-bond acceptors (Lipinski definition) is 2. The largest absolute Gasteiger partial charge is 0.366 e. The van der Waals surface area contributed by atoms with Gasteiger partial charge in [-0.15, -0.1) is 0 Å². The summed E-state index contributed by atoms with van der Waals surface area (Å²) in [6.45, 7) is 4.93. The van der Waals surface area contributed by atoms with Gasteiger partial charge in [-0.2, -0.15) is 0 Å². The third kappa shape index (κ3) is 3.04. The number of likely N-dealkylation sites (tertiary alicyclic amines) is 1. The molecule has 1 saturated heterocycles. The van der Waals surface area contributed by atoms with Crippen LogP contribution in [0.25, 0.3) is 0 Å². The quantitative estimate of drug-likeness (QED) is 0.943. The lowest BCUT2D eigenvalue weighted by Gasteiger charge is -2.21. The second-order valence-corrected chi connectivity index (χ2v) is 6.54. The number of nitrogens with two attached hydrogens (primary N) is 1. The molecular formula is C20H22N2O2. The first-order valence-corrected chi connectivity index (χ1v) is 8.23. The van der Waals surface area contributed by atoms with E-state index >= 15 is 0 Å². The maximum Gasteiger partial charge on any atom is 0.254 e. The van der Waals surface area contributed by atoms with E-state index in [2.05, 4.69) is 32.0 Å². The molecule has 24 heavy (non-hydrogen) atoms. The molecule has 1 heterocycles. The first-order valence-electron chi connectivity index (χ1n) is 8.23. The summed E-state index contributed by atoms with van der Waals surface area (Å²) in [6.07, 6.45) is 0.968. The Morgan fingerprint density at radius 2 is 1.67 bits per heavy atom. The molecule has 0 radical (unpaired) electrons. The van der Waals surface area contributed by atoms with Crippen LogP contribution in [0.15, 0.2) is 48.5 Å². The van der Waals surface area contributed by atoms with Crippen LogP contribution in [0.3, 0.4) is 0 Å². The summed E-state index contributed by atoms with van der Waals surface area (Å²) in [4.78, 5) is 25.9. The topological polar surface area (TPSA) is 63.4 Å². The van der Waals surface area contributed by atoms with Crippen molar-refractivity contribution >= 4 is 11.8 Å². The molecule has 1 aliphatic heterocycles. The van der Waals surface area contributed by atoms with Crippen molar-refractivity contribution < 1.29 is 9.59 Å². The van der Waals surface area contributed by atoms with Gasteiger partial charge in [0, 0.05) is 29.6 Å². The highest BCUT2D eigenvalue weighted by atomic mass is 16.2. The summed E-state index contributed by atoms with van der Waals surface area (Å²) in [5.74, 6) is -0.104. The minimum Gasteiger partial charge on any atom is -0.366 e. The van der Waals surface area contributed by atoms with Crippen molar-refractivity contribution in [2.45, 2.75) is 32.2 Å². The SMILES string of the molecule is Cc1ccccc1[C@H]1C[C@H](C)N(C(=O)c2ccc(C(N)=O)cc2)C1. The van der Waals surface area contributed by atoms with E-state index in [9.17, 15) is 9.59 Å². The molecule has 0 unspecified atom stereocenters. The van der Waals surface area contributed by atoms with Gasteiger partial charge in [0.15, 0.2) is 0 Å². The van der Waals surface area contributed by atoms with Gasteiger partial charge in [-0.25, -0.2) is 0 Å². The summed E-state index contributed by atoms with van der Waals surface area (Å²) < 4.78 is 0. The number of aryl methyl sites for hydroxylation is 1. The van der Waals surface area contributed by atoms with Gasteiger partial charge in [-0.05, 0) is 55.7 Å². The number of carbonyl (C=O) groups excluding carboxylic acids is 2. The third-order valence-corrected chi connectivity index (χ3v) is 4.88. The van der Waals surface area contributed by atoms with Crippen molar-refractivity contribution in [2.75, 3.05) is 6.54 Å². The van der Waals surface area contributed by atoms with Crippen LogP contribution >= 0.6 is 0 Å². The molecule has 0 saturated carbocycles. The van der Waals surface area contributed by atoms with Crippen LogP contribution < -0.4 is 5.73 Å². The number of rotatable bonds is 3. The predicted octanol–water partition coefficient (Wildman–Crippen LogP) is 3.11. The van der Waals surface area contributed by atoms with Gasteiger partial charge in [0.1, 0.15) is 0 Å². The summed E-state index contributed by atoms with van der Waals surface area (Å²) in [5, 5.41) is 0. The molecule has 0 aromatic heterocycles. The van der Waals surface area contributed by atoms with E-state index in [1.807, 2.05) is 11.0 Å². The van der Waals surface area contributed by atoms with E-state index in [1.165, 1.54) is 11.1 Å². The minimum absolute atomic E-state index is 0.00889. The number of hydrogen-bond donors (Lipinski definition) is 1.